The molecule has 3 heterocycles. The maximum Gasteiger partial charge on any atom is 0.227 e. The Balaban J connectivity index is 1.32. The van der Waals surface area contributed by atoms with Crippen molar-refractivity contribution in [2.75, 3.05) is 0 Å². The highest BCUT2D eigenvalue weighted by Gasteiger charge is 2.12. The molecule has 7 nitrogen and oxygen atoms in total. The zero-order valence-corrected chi connectivity index (χ0v) is 15.0. The molecule has 132 valence electrons. The van der Waals surface area contributed by atoms with Gasteiger partial charge in [-0.2, -0.15) is 16.3 Å². The van der Waals surface area contributed by atoms with Crippen LogP contribution < -0.4 is 5.32 Å². The van der Waals surface area contributed by atoms with Crippen LogP contribution in [-0.4, -0.2) is 25.6 Å². The molecule has 0 aliphatic carbocycles. The first-order valence-electron chi connectivity index (χ1n) is 8.23. The molecule has 1 aromatic carbocycles. The molecule has 4 aromatic rings. The third kappa shape index (κ3) is 3.36. The van der Waals surface area contributed by atoms with Crippen molar-refractivity contribution in [3.8, 4) is 11.4 Å². The Kier molecular flexibility index (Phi) is 4.49. The minimum absolute atomic E-state index is 0.0765. The molecule has 0 radical (unpaired) electrons. The van der Waals surface area contributed by atoms with Crippen molar-refractivity contribution in [2.24, 2.45) is 7.05 Å². The molecular weight excluding hydrogens is 350 g/mol. The van der Waals surface area contributed by atoms with E-state index < -0.39 is 0 Å². The number of thiophene rings is 1. The Morgan fingerprint density at radius 3 is 2.96 bits per heavy atom. The number of carbonyl (C=O) groups excluding carboxylic acids is 1. The van der Waals surface area contributed by atoms with Crippen LogP contribution in [0.5, 0.6) is 0 Å². The van der Waals surface area contributed by atoms with Crippen LogP contribution in [0.15, 0.2) is 45.6 Å². The van der Waals surface area contributed by atoms with Gasteiger partial charge in [0.2, 0.25) is 17.6 Å². The number of nitrogens with one attached hydrogen (secondary N) is 1. The van der Waals surface area contributed by atoms with Crippen LogP contribution in [0.1, 0.15) is 18.1 Å². The molecule has 0 bridgehead atoms. The van der Waals surface area contributed by atoms with Crippen LogP contribution in [-0.2, 0) is 24.8 Å². The maximum atomic E-state index is 12.1. The van der Waals surface area contributed by atoms with E-state index in [0.717, 1.165) is 22.4 Å². The van der Waals surface area contributed by atoms with Gasteiger partial charge in [0.1, 0.15) is 5.82 Å². The summed E-state index contributed by atoms with van der Waals surface area (Å²) in [5.41, 5.74) is 2.89. The highest BCUT2D eigenvalue weighted by Crippen LogP contribution is 2.19. The van der Waals surface area contributed by atoms with E-state index in [1.807, 2.05) is 52.7 Å². The summed E-state index contributed by atoms with van der Waals surface area (Å²) in [5, 5.41) is 10.8. The van der Waals surface area contributed by atoms with Gasteiger partial charge >= 0.3 is 0 Å². The number of aromatic nitrogens is 4. The lowest BCUT2D eigenvalue weighted by Crippen LogP contribution is -2.24. The first-order chi connectivity index (χ1) is 12.7. The summed E-state index contributed by atoms with van der Waals surface area (Å²) in [6, 6.07) is 9.83. The molecule has 0 atom stereocenters. The smallest absolute Gasteiger partial charge is 0.227 e. The zero-order chi connectivity index (χ0) is 17.9. The number of imidazole rings is 1. The van der Waals surface area contributed by atoms with Gasteiger partial charge in [-0.3, -0.25) is 4.79 Å². The van der Waals surface area contributed by atoms with Gasteiger partial charge in [0.25, 0.3) is 0 Å². The van der Waals surface area contributed by atoms with Crippen LogP contribution in [0.2, 0.25) is 0 Å². The van der Waals surface area contributed by atoms with E-state index >= 15 is 0 Å². The number of hydrogen-bond donors (Lipinski definition) is 1. The average Bonchev–Trinajstić information content (AvgIpc) is 3.39. The molecule has 0 saturated carbocycles. The lowest BCUT2D eigenvalue weighted by molar-refractivity contribution is -0.121. The first-order valence-corrected chi connectivity index (χ1v) is 9.17. The van der Waals surface area contributed by atoms with E-state index in [4.69, 9.17) is 4.52 Å². The van der Waals surface area contributed by atoms with Gasteiger partial charge in [-0.15, -0.1) is 0 Å². The highest BCUT2D eigenvalue weighted by molar-refractivity contribution is 7.08. The molecular formula is C18H17N5O2S. The summed E-state index contributed by atoms with van der Waals surface area (Å²) in [6.45, 7) is 0.383. The predicted octanol–water partition coefficient (Wildman–Crippen LogP) is 2.93. The van der Waals surface area contributed by atoms with E-state index in [1.165, 1.54) is 0 Å². The SMILES string of the molecule is Cn1c(CNC(=O)CCc2nc(-c3ccsc3)no2)nc2ccccc21. The maximum absolute atomic E-state index is 12.1. The number of nitrogens with zero attached hydrogens (tertiary/aromatic N) is 4. The molecule has 1 amide bonds. The number of para-hydroxylation sites is 2. The van der Waals surface area contributed by atoms with E-state index in [0.29, 0.717) is 24.7 Å². The Morgan fingerprint density at radius 2 is 2.15 bits per heavy atom. The van der Waals surface area contributed by atoms with Crippen molar-refractivity contribution in [1.82, 2.24) is 25.0 Å². The number of hydrogen-bond acceptors (Lipinski definition) is 6. The third-order valence-corrected chi connectivity index (χ3v) is 4.82. The van der Waals surface area contributed by atoms with Crippen LogP contribution in [0, 0.1) is 0 Å². The molecule has 0 aliphatic rings. The Morgan fingerprint density at radius 1 is 1.27 bits per heavy atom. The topological polar surface area (TPSA) is 85.8 Å². The number of fused-ring (bicyclic) bond motifs is 1. The minimum atomic E-state index is -0.0765. The molecule has 4 rings (SSSR count). The number of amides is 1. The lowest BCUT2D eigenvalue weighted by Gasteiger charge is -2.04. The molecule has 0 spiro atoms. The monoisotopic (exact) mass is 367 g/mol. The fourth-order valence-electron chi connectivity index (χ4n) is 2.71. The molecule has 8 heteroatoms. The second-order valence-electron chi connectivity index (χ2n) is 5.88. The average molecular weight is 367 g/mol. The largest absolute Gasteiger partial charge is 0.349 e. The summed E-state index contributed by atoms with van der Waals surface area (Å²) >= 11 is 1.58. The Hall–Kier alpha value is -3.00. The van der Waals surface area contributed by atoms with Crippen molar-refractivity contribution in [3.63, 3.8) is 0 Å². The normalized spacial score (nSPS) is 11.1. The predicted molar refractivity (Wildman–Crippen MR) is 98.5 cm³/mol. The lowest BCUT2D eigenvalue weighted by atomic mass is 10.3. The van der Waals surface area contributed by atoms with Crippen molar-refractivity contribution in [2.45, 2.75) is 19.4 Å². The van der Waals surface area contributed by atoms with Gasteiger partial charge in [-0.25, -0.2) is 4.98 Å². The van der Waals surface area contributed by atoms with Crippen molar-refractivity contribution in [1.29, 1.82) is 0 Å². The number of benzene rings is 1. The molecule has 0 fully saturated rings. The molecule has 0 saturated heterocycles. The van der Waals surface area contributed by atoms with Crippen molar-refractivity contribution >= 4 is 28.3 Å². The molecule has 1 N–H and O–H groups in total. The second-order valence-corrected chi connectivity index (χ2v) is 6.66. The van der Waals surface area contributed by atoms with Crippen LogP contribution in [0.3, 0.4) is 0 Å². The summed E-state index contributed by atoms with van der Waals surface area (Å²) in [7, 11) is 1.95. The van der Waals surface area contributed by atoms with Gasteiger partial charge < -0.3 is 14.4 Å². The molecule has 0 aliphatic heterocycles. The van der Waals surface area contributed by atoms with Gasteiger partial charge in [-0.05, 0) is 23.6 Å². The Labute approximate surface area is 153 Å². The van der Waals surface area contributed by atoms with Crippen LogP contribution in [0.25, 0.3) is 22.4 Å². The van der Waals surface area contributed by atoms with Gasteiger partial charge in [0.05, 0.1) is 17.6 Å². The quantitative estimate of drug-likeness (QED) is 0.566. The number of aryl methyl sites for hydroxylation is 2. The zero-order valence-electron chi connectivity index (χ0n) is 14.2. The molecule has 0 unspecified atom stereocenters. The summed E-state index contributed by atoms with van der Waals surface area (Å²) in [5.74, 6) is 1.76. The van der Waals surface area contributed by atoms with Gasteiger partial charge in [-0.1, -0.05) is 17.3 Å². The molecule has 26 heavy (non-hydrogen) atoms. The van der Waals surface area contributed by atoms with E-state index in [9.17, 15) is 4.79 Å². The van der Waals surface area contributed by atoms with E-state index in [2.05, 4.69) is 20.4 Å². The number of carbonyl (C=O) groups is 1. The standard InChI is InChI=1S/C18H17N5O2S/c1-23-14-5-3-2-4-13(14)20-15(23)10-19-16(24)6-7-17-21-18(22-25-17)12-8-9-26-11-12/h2-5,8-9,11H,6-7,10H2,1H3,(H,19,24). The van der Waals surface area contributed by atoms with Crippen molar-refractivity contribution in [3.05, 3.63) is 52.8 Å². The van der Waals surface area contributed by atoms with E-state index in [-0.39, 0.29) is 12.3 Å². The fourth-order valence-corrected chi connectivity index (χ4v) is 3.34. The van der Waals surface area contributed by atoms with E-state index in [1.54, 1.807) is 11.3 Å². The Bertz CT molecular complexity index is 1040. The summed E-state index contributed by atoms with van der Waals surface area (Å²) < 4.78 is 7.19. The van der Waals surface area contributed by atoms with Crippen LogP contribution in [0.4, 0.5) is 0 Å². The van der Waals surface area contributed by atoms with Crippen LogP contribution >= 0.6 is 11.3 Å². The van der Waals surface area contributed by atoms with Crippen molar-refractivity contribution < 1.29 is 9.32 Å². The summed E-state index contributed by atoms with van der Waals surface area (Å²) in [6.07, 6.45) is 0.695. The van der Waals surface area contributed by atoms with Gasteiger partial charge in [0, 0.05) is 30.8 Å². The first kappa shape index (κ1) is 16.5. The molecule has 3 aromatic heterocycles. The fraction of sp³-hybridized carbons (Fsp3) is 0.222. The summed E-state index contributed by atoms with van der Waals surface area (Å²) in [4.78, 5) is 21.0. The van der Waals surface area contributed by atoms with Gasteiger partial charge in [0.15, 0.2) is 0 Å². The second kappa shape index (κ2) is 7.09. The highest BCUT2D eigenvalue weighted by atomic mass is 32.1. The third-order valence-electron chi connectivity index (χ3n) is 4.14. The number of rotatable bonds is 6. The minimum Gasteiger partial charge on any atom is -0.349 e.